The van der Waals surface area contributed by atoms with E-state index in [9.17, 15) is 4.79 Å². The van der Waals surface area contributed by atoms with E-state index in [1.54, 1.807) is 13.0 Å². The van der Waals surface area contributed by atoms with Crippen LogP contribution in [0, 0.1) is 18.3 Å². The molecule has 0 spiro atoms. The molecule has 1 N–H and O–H groups in total. The molecule has 0 bridgehead atoms. The van der Waals surface area contributed by atoms with Crippen molar-refractivity contribution >= 4 is 5.97 Å². The van der Waals surface area contributed by atoms with Crippen LogP contribution in [0.25, 0.3) is 0 Å². The van der Waals surface area contributed by atoms with Crippen LogP contribution in [0.1, 0.15) is 34.0 Å². The van der Waals surface area contributed by atoms with E-state index in [2.05, 4.69) is 0 Å². The molecule has 0 unspecified atom stereocenters. The number of aromatic carboxylic acids is 1. The molecule has 3 heteroatoms. The second-order valence-corrected chi connectivity index (χ2v) is 3.03. The van der Waals surface area contributed by atoms with E-state index < -0.39 is 5.97 Å². The quantitative estimate of drug-likeness (QED) is 0.775. The summed E-state index contributed by atoms with van der Waals surface area (Å²) in [6, 6.07) is 5.09. The van der Waals surface area contributed by atoms with Gasteiger partial charge >= 0.3 is 5.97 Å². The molecule has 0 heterocycles. The van der Waals surface area contributed by atoms with Crippen LogP contribution >= 0.6 is 0 Å². The van der Waals surface area contributed by atoms with Crippen LogP contribution in [0.15, 0.2) is 12.1 Å². The number of rotatable bonds is 2. The Bertz CT molecular complexity index is 416. The molecular formula is C11H11NO2. The molecular weight excluding hydrogens is 178 g/mol. The molecule has 1 aromatic rings. The third-order valence-electron chi connectivity index (χ3n) is 2.30. The summed E-state index contributed by atoms with van der Waals surface area (Å²) in [7, 11) is 0. The zero-order valence-electron chi connectivity index (χ0n) is 8.16. The Kier molecular flexibility index (Phi) is 2.88. The lowest BCUT2D eigenvalue weighted by Gasteiger charge is -2.08. The second kappa shape index (κ2) is 3.93. The predicted molar refractivity (Wildman–Crippen MR) is 52.2 cm³/mol. The summed E-state index contributed by atoms with van der Waals surface area (Å²) in [5, 5.41) is 17.7. The molecule has 1 aromatic carbocycles. The van der Waals surface area contributed by atoms with E-state index in [0.29, 0.717) is 17.5 Å². The molecule has 72 valence electrons. The zero-order valence-corrected chi connectivity index (χ0v) is 8.16. The summed E-state index contributed by atoms with van der Waals surface area (Å²) in [4.78, 5) is 10.8. The highest BCUT2D eigenvalue weighted by Gasteiger charge is 2.12. The Balaban J connectivity index is 3.45. The van der Waals surface area contributed by atoms with Crippen molar-refractivity contribution in [2.75, 3.05) is 0 Å². The van der Waals surface area contributed by atoms with Crippen LogP contribution in [0.5, 0.6) is 0 Å². The van der Waals surface area contributed by atoms with Crippen molar-refractivity contribution in [2.24, 2.45) is 0 Å². The SMILES string of the molecule is CCc1c(C(=O)O)ccc(C#N)c1C. The van der Waals surface area contributed by atoms with Gasteiger partial charge in [0, 0.05) is 0 Å². The van der Waals surface area contributed by atoms with Gasteiger partial charge in [-0.05, 0) is 36.6 Å². The standard InChI is InChI=1S/C11H11NO2/c1-3-9-7(2)8(6-12)4-5-10(9)11(13)14/h4-5H,3H2,1-2H3,(H,13,14). The second-order valence-electron chi connectivity index (χ2n) is 3.03. The number of nitriles is 1. The first-order valence-electron chi connectivity index (χ1n) is 4.37. The van der Waals surface area contributed by atoms with Gasteiger partial charge < -0.3 is 5.11 Å². The van der Waals surface area contributed by atoms with Crippen LogP contribution < -0.4 is 0 Å². The summed E-state index contributed by atoms with van der Waals surface area (Å²) in [6.45, 7) is 3.67. The Morgan fingerprint density at radius 2 is 2.21 bits per heavy atom. The van der Waals surface area contributed by atoms with Gasteiger partial charge in [0.1, 0.15) is 0 Å². The van der Waals surface area contributed by atoms with Crippen LogP contribution in [0.4, 0.5) is 0 Å². The van der Waals surface area contributed by atoms with E-state index >= 15 is 0 Å². The third-order valence-corrected chi connectivity index (χ3v) is 2.30. The molecule has 0 aromatic heterocycles. The van der Waals surface area contributed by atoms with Crippen molar-refractivity contribution in [1.29, 1.82) is 5.26 Å². The molecule has 0 atom stereocenters. The number of carboxylic acid groups (broad SMARTS) is 1. The molecule has 14 heavy (non-hydrogen) atoms. The lowest BCUT2D eigenvalue weighted by atomic mass is 9.96. The maximum Gasteiger partial charge on any atom is 0.335 e. The maximum absolute atomic E-state index is 10.8. The van der Waals surface area contributed by atoms with Crippen LogP contribution in [-0.2, 0) is 6.42 Å². The smallest absolute Gasteiger partial charge is 0.335 e. The minimum Gasteiger partial charge on any atom is -0.478 e. The summed E-state index contributed by atoms with van der Waals surface area (Å²) in [5.41, 5.74) is 2.36. The molecule has 0 aliphatic carbocycles. The van der Waals surface area contributed by atoms with Gasteiger partial charge in [0.25, 0.3) is 0 Å². The third kappa shape index (κ3) is 1.60. The molecule has 0 aliphatic rings. The van der Waals surface area contributed by atoms with E-state index in [0.717, 1.165) is 11.1 Å². The highest BCUT2D eigenvalue weighted by Crippen LogP contribution is 2.18. The Hall–Kier alpha value is -1.82. The van der Waals surface area contributed by atoms with Crippen LogP contribution in [0.2, 0.25) is 0 Å². The van der Waals surface area contributed by atoms with E-state index in [-0.39, 0.29) is 0 Å². The van der Waals surface area contributed by atoms with Crippen molar-refractivity contribution in [2.45, 2.75) is 20.3 Å². The van der Waals surface area contributed by atoms with Crippen molar-refractivity contribution in [3.63, 3.8) is 0 Å². The van der Waals surface area contributed by atoms with Crippen LogP contribution in [0.3, 0.4) is 0 Å². The molecule has 3 nitrogen and oxygen atoms in total. The topological polar surface area (TPSA) is 61.1 Å². The number of hydrogen-bond donors (Lipinski definition) is 1. The lowest BCUT2D eigenvalue weighted by Crippen LogP contribution is -2.04. The fourth-order valence-corrected chi connectivity index (χ4v) is 1.53. The molecule has 0 fully saturated rings. The zero-order chi connectivity index (χ0) is 10.7. The Morgan fingerprint density at radius 3 is 2.64 bits per heavy atom. The van der Waals surface area contributed by atoms with Crippen LogP contribution in [-0.4, -0.2) is 11.1 Å². The maximum atomic E-state index is 10.8. The number of nitrogens with zero attached hydrogens (tertiary/aromatic N) is 1. The van der Waals surface area contributed by atoms with Gasteiger partial charge in [-0.3, -0.25) is 0 Å². The Morgan fingerprint density at radius 1 is 1.57 bits per heavy atom. The number of hydrogen-bond acceptors (Lipinski definition) is 2. The van der Waals surface area contributed by atoms with Gasteiger partial charge in [-0.15, -0.1) is 0 Å². The molecule has 0 saturated carbocycles. The van der Waals surface area contributed by atoms with Gasteiger partial charge in [-0.25, -0.2) is 4.79 Å². The average molecular weight is 189 g/mol. The summed E-state index contributed by atoms with van der Waals surface area (Å²) < 4.78 is 0. The fraction of sp³-hybridized carbons (Fsp3) is 0.273. The molecule has 0 amide bonds. The van der Waals surface area contributed by atoms with Crippen molar-refractivity contribution < 1.29 is 9.90 Å². The highest BCUT2D eigenvalue weighted by atomic mass is 16.4. The van der Waals surface area contributed by atoms with Gasteiger partial charge in [-0.2, -0.15) is 5.26 Å². The van der Waals surface area contributed by atoms with Crippen molar-refractivity contribution in [1.82, 2.24) is 0 Å². The predicted octanol–water partition coefficient (Wildman–Crippen LogP) is 2.13. The normalized spacial score (nSPS) is 9.50. The Labute approximate surface area is 82.6 Å². The first-order valence-corrected chi connectivity index (χ1v) is 4.37. The first kappa shape index (κ1) is 10.3. The minimum atomic E-state index is -0.936. The van der Waals surface area contributed by atoms with Gasteiger partial charge in [-0.1, -0.05) is 6.92 Å². The number of benzene rings is 1. The average Bonchev–Trinajstić information content (AvgIpc) is 2.17. The van der Waals surface area contributed by atoms with E-state index in [1.165, 1.54) is 6.07 Å². The van der Waals surface area contributed by atoms with Gasteiger partial charge in [0.05, 0.1) is 17.2 Å². The van der Waals surface area contributed by atoms with Gasteiger partial charge in [0.2, 0.25) is 0 Å². The fourth-order valence-electron chi connectivity index (χ4n) is 1.53. The molecule has 1 rings (SSSR count). The lowest BCUT2D eigenvalue weighted by molar-refractivity contribution is 0.0695. The largest absolute Gasteiger partial charge is 0.478 e. The molecule has 0 saturated heterocycles. The monoisotopic (exact) mass is 189 g/mol. The molecule has 0 aliphatic heterocycles. The number of carbonyl (C=O) groups is 1. The van der Waals surface area contributed by atoms with Crippen molar-refractivity contribution in [3.8, 4) is 6.07 Å². The van der Waals surface area contributed by atoms with E-state index in [1.807, 2.05) is 13.0 Å². The number of carboxylic acids is 1. The van der Waals surface area contributed by atoms with Crippen molar-refractivity contribution in [3.05, 3.63) is 34.4 Å². The summed E-state index contributed by atoms with van der Waals surface area (Å²) >= 11 is 0. The summed E-state index contributed by atoms with van der Waals surface area (Å²) in [5.74, 6) is -0.936. The first-order chi connectivity index (χ1) is 6.61. The molecule has 0 radical (unpaired) electrons. The highest BCUT2D eigenvalue weighted by molar-refractivity contribution is 5.90. The van der Waals surface area contributed by atoms with Gasteiger partial charge in [0.15, 0.2) is 0 Å². The summed E-state index contributed by atoms with van der Waals surface area (Å²) in [6.07, 6.45) is 0.628. The minimum absolute atomic E-state index is 0.295. The van der Waals surface area contributed by atoms with E-state index in [4.69, 9.17) is 10.4 Å².